The van der Waals surface area contributed by atoms with E-state index < -0.39 is 0 Å². The monoisotopic (exact) mass is 288 g/mol. The average molecular weight is 289 g/mol. The zero-order chi connectivity index (χ0) is 12.5. The highest BCUT2D eigenvalue weighted by molar-refractivity contribution is 7.98. The van der Waals surface area contributed by atoms with Crippen LogP contribution in [0.2, 0.25) is 0 Å². The molecule has 0 aliphatic carbocycles. The summed E-state index contributed by atoms with van der Waals surface area (Å²) in [6.07, 6.45) is 0. The molecule has 5 heteroatoms. The lowest BCUT2D eigenvalue weighted by Crippen LogP contribution is -2.30. The van der Waals surface area contributed by atoms with Crippen molar-refractivity contribution in [1.82, 2.24) is 10.6 Å². The van der Waals surface area contributed by atoms with Crippen LogP contribution in [-0.4, -0.2) is 31.8 Å². The van der Waals surface area contributed by atoms with Crippen molar-refractivity contribution in [3.05, 3.63) is 35.4 Å². The number of halogens is 1. The number of amides is 1. The predicted octanol–water partition coefficient (Wildman–Crippen LogP) is 2.31. The van der Waals surface area contributed by atoms with Crippen molar-refractivity contribution in [3.8, 4) is 0 Å². The molecule has 1 aromatic carbocycles. The van der Waals surface area contributed by atoms with E-state index >= 15 is 0 Å². The van der Waals surface area contributed by atoms with Crippen LogP contribution in [0.5, 0.6) is 0 Å². The Morgan fingerprint density at radius 1 is 1.22 bits per heavy atom. The summed E-state index contributed by atoms with van der Waals surface area (Å²) in [5.74, 6) is 2.12. The van der Waals surface area contributed by atoms with Gasteiger partial charge in [0.25, 0.3) is 5.91 Å². The lowest BCUT2D eigenvalue weighted by Gasteiger charge is -2.05. The largest absolute Gasteiger partial charge is 0.351 e. The zero-order valence-corrected chi connectivity index (χ0v) is 12.5. The van der Waals surface area contributed by atoms with Crippen LogP contribution >= 0.6 is 24.2 Å². The molecule has 0 bridgehead atoms. The Bertz CT molecular complexity index is 343. The Morgan fingerprint density at radius 2 is 1.89 bits per heavy atom. The van der Waals surface area contributed by atoms with E-state index in [4.69, 9.17) is 0 Å². The number of rotatable bonds is 7. The standard InChI is InChI=1S/C13H20N2OS.ClH/c1-3-17-10-11-4-6-12(7-5-11)13(16)15-9-8-14-2;/h4-7,14H,3,8-10H2,1-2H3,(H,15,16);1H. The molecule has 1 rings (SSSR count). The molecule has 0 aliphatic heterocycles. The van der Waals surface area contributed by atoms with Crippen LogP contribution in [0.3, 0.4) is 0 Å². The highest BCUT2D eigenvalue weighted by Crippen LogP contribution is 2.12. The van der Waals surface area contributed by atoms with Crippen LogP contribution in [-0.2, 0) is 5.75 Å². The Labute approximate surface area is 120 Å². The van der Waals surface area contributed by atoms with Crippen molar-refractivity contribution in [2.45, 2.75) is 12.7 Å². The molecular weight excluding hydrogens is 268 g/mol. The summed E-state index contributed by atoms with van der Waals surface area (Å²) in [4.78, 5) is 11.7. The van der Waals surface area contributed by atoms with Crippen LogP contribution in [0, 0.1) is 0 Å². The number of hydrogen-bond acceptors (Lipinski definition) is 3. The predicted molar refractivity (Wildman–Crippen MR) is 81.8 cm³/mol. The number of nitrogens with one attached hydrogen (secondary N) is 2. The van der Waals surface area contributed by atoms with Crippen LogP contribution in [0.25, 0.3) is 0 Å². The van der Waals surface area contributed by atoms with Crippen LogP contribution in [0.1, 0.15) is 22.8 Å². The molecule has 0 aromatic heterocycles. The van der Waals surface area contributed by atoms with E-state index in [-0.39, 0.29) is 18.3 Å². The molecule has 102 valence electrons. The van der Waals surface area contributed by atoms with Crippen molar-refractivity contribution < 1.29 is 4.79 Å². The fraction of sp³-hybridized carbons (Fsp3) is 0.462. The lowest BCUT2D eigenvalue weighted by atomic mass is 10.1. The van der Waals surface area contributed by atoms with E-state index in [0.29, 0.717) is 6.54 Å². The first kappa shape index (κ1) is 17.3. The Balaban J connectivity index is 0.00000289. The molecule has 0 heterocycles. The molecule has 2 N–H and O–H groups in total. The third kappa shape index (κ3) is 6.28. The Kier molecular flexibility index (Phi) is 9.83. The van der Waals surface area contributed by atoms with Gasteiger partial charge in [0, 0.05) is 24.4 Å². The second kappa shape index (κ2) is 10.2. The van der Waals surface area contributed by atoms with E-state index in [0.717, 1.165) is 23.6 Å². The molecule has 0 saturated carbocycles. The molecular formula is C13H21ClN2OS. The van der Waals surface area contributed by atoms with E-state index in [2.05, 4.69) is 17.6 Å². The molecule has 0 aliphatic rings. The molecule has 1 aromatic rings. The smallest absolute Gasteiger partial charge is 0.251 e. The molecule has 0 spiro atoms. The molecule has 0 fully saturated rings. The highest BCUT2D eigenvalue weighted by atomic mass is 35.5. The maximum absolute atomic E-state index is 11.7. The first-order valence-corrected chi connectivity index (χ1v) is 7.03. The second-order valence-electron chi connectivity index (χ2n) is 3.69. The average Bonchev–Trinajstić information content (AvgIpc) is 2.37. The third-order valence-corrected chi connectivity index (χ3v) is 3.30. The topological polar surface area (TPSA) is 41.1 Å². The summed E-state index contributed by atoms with van der Waals surface area (Å²) >= 11 is 1.88. The van der Waals surface area contributed by atoms with Crippen molar-refractivity contribution in [2.24, 2.45) is 0 Å². The van der Waals surface area contributed by atoms with Gasteiger partial charge in [0.15, 0.2) is 0 Å². The molecule has 0 unspecified atom stereocenters. The van der Waals surface area contributed by atoms with Crippen LogP contribution in [0.4, 0.5) is 0 Å². The minimum Gasteiger partial charge on any atom is -0.351 e. The van der Waals surface area contributed by atoms with Crippen molar-refractivity contribution >= 4 is 30.1 Å². The summed E-state index contributed by atoms with van der Waals surface area (Å²) in [6.45, 7) is 3.59. The van der Waals surface area contributed by atoms with Gasteiger partial charge in [-0.25, -0.2) is 0 Å². The number of benzene rings is 1. The number of carbonyl (C=O) groups excluding carboxylic acids is 1. The quantitative estimate of drug-likeness (QED) is 0.757. The summed E-state index contributed by atoms with van der Waals surface area (Å²) in [7, 11) is 1.87. The van der Waals surface area contributed by atoms with Gasteiger partial charge in [-0.1, -0.05) is 19.1 Å². The molecule has 0 atom stereocenters. The molecule has 0 saturated heterocycles. The molecule has 3 nitrogen and oxygen atoms in total. The highest BCUT2D eigenvalue weighted by Gasteiger charge is 2.03. The van der Waals surface area contributed by atoms with Crippen molar-refractivity contribution in [2.75, 3.05) is 25.9 Å². The lowest BCUT2D eigenvalue weighted by molar-refractivity contribution is 0.0954. The van der Waals surface area contributed by atoms with Gasteiger partial charge in [0.1, 0.15) is 0 Å². The Hall–Kier alpha value is -0.710. The normalized spacial score (nSPS) is 9.67. The van der Waals surface area contributed by atoms with E-state index in [1.165, 1.54) is 5.56 Å². The maximum atomic E-state index is 11.7. The SMILES string of the molecule is CCSCc1ccc(C(=O)NCCNC)cc1.Cl. The van der Waals surface area contributed by atoms with Gasteiger partial charge in [-0.05, 0) is 30.5 Å². The van der Waals surface area contributed by atoms with Gasteiger partial charge in [-0.2, -0.15) is 11.8 Å². The van der Waals surface area contributed by atoms with Crippen molar-refractivity contribution in [3.63, 3.8) is 0 Å². The van der Waals surface area contributed by atoms with Gasteiger partial charge in [0.2, 0.25) is 0 Å². The van der Waals surface area contributed by atoms with E-state index in [1.54, 1.807) is 0 Å². The van der Waals surface area contributed by atoms with Crippen LogP contribution < -0.4 is 10.6 Å². The fourth-order valence-corrected chi connectivity index (χ4v) is 2.01. The molecule has 18 heavy (non-hydrogen) atoms. The summed E-state index contributed by atoms with van der Waals surface area (Å²) < 4.78 is 0. The summed E-state index contributed by atoms with van der Waals surface area (Å²) in [5, 5.41) is 5.85. The zero-order valence-electron chi connectivity index (χ0n) is 10.9. The molecule has 1 amide bonds. The van der Waals surface area contributed by atoms with E-state index in [1.807, 2.05) is 43.1 Å². The second-order valence-corrected chi connectivity index (χ2v) is 4.97. The van der Waals surface area contributed by atoms with Gasteiger partial charge in [-0.3, -0.25) is 4.79 Å². The van der Waals surface area contributed by atoms with Gasteiger partial charge in [-0.15, -0.1) is 12.4 Å². The van der Waals surface area contributed by atoms with Gasteiger partial charge in [0.05, 0.1) is 0 Å². The van der Waals surface area contributed by atoms with Crippen molar-refractivity contribution in [1.29, 1.82) is 0 Å². The first-order chi connectivity index (χ1) is 8.27. The summed E-state index contributed by atoms with van der Waals surface area (Å²) in [6, 6.07) is 7.83. The first-order valence-electron chi connectivity index (χ1n) is 5.87. The fourth-order valence-electron chi connectivity index (χ4n) is 1.38. The number of carbonyl (C=O) groups is 1. The summed E-state index contributed by atoms with van der Waals surface area (Å²) in [5.41, 5.74) is 2.00. The van der Waals surface area contributed by atoms with Crippen LogP contribution in [0.15, 0.2) is 24.3 Å². The van der Waals surface area contributed by atoms with Gasteiger partial charge >= 0.3 is 0 Å². The maximum Gasteiger partial charge on any atom is 0.251 e. The van der Waals surface area contributed by atoms with Gasteiger partial charge < -0.3 is 10.6 Å². The minimum absolute atomic E-state index is 0. The minimum atomic E-state index is -0.00468. The number of likely N-dealkylation sites (N-methyl/N-ethyl adjacent to an activating group) is 1. The number of hydrogen-bond donors (Lipinski definition) is 2. The van der Waals surface area contributed by atoms with E-state index in [9.17, 15) is 4.79 Å². The number of thioether (sulfide) groups is 1. The molecule has 0 radical (unpaired) electrons. The third-order valence-electron chi connectivity index (χ3n) is 2.35. The Morgan fingerprint density at radius 3 is 2.44 bits per heavy atom.